The molecule has 2 N–H and O–H groups in total. The summed E-state index contributed by atoms with van der Waals surface area (Å²) in [7, 11) is 0. The Balaban J connectivity index is 2.48. The highest BCUT2D eigenvalue weighted by Crippen LogP contribution is 2.39. The van der Waals surface area contributed by atoms with E-state index < -0.39 is 6.04 Å². The molecule has 0 spiro atoms. The van der Waals surface area contributed by atoms with Gasteiger partial charge in [-0.05, 0) is 37.0 Å². The van der Waals surface area contributed by atoms with Crippen LogP contribution in [0, 0.1) is 11.3 Å². The van der Waals surface area contributed by atoms with E-state index in [1.54, 1.807) is 0 Å². The highest BCUT2D eigenvalue weighted by Gasteiger charge is 2.34. The summed E-state index contributed by atoms with van der Waals surface area (Å²) in [6, 6.07) is -0.444. The van der Waals surface area contributed by atoms with Gasteiger partial charge >= 0.3 is 5.97 Å². The van der Waals surface area contributed by atoms with Gasteiger partial charge < -0.3 is 10.5 Å². The lowest BCUT2D eigenvalue weighted by Gasteiger charge is -2.38. The molecule has 0 radical (unpaired) electrons. The molecule has 3 nitrogen and oxygen atoms in total. The fourth-order valence-electron chi connectivity index (χ4n) is 3.03. The van der Waals surface area contributed by atoms with E-state index in [-0.39, 0.29) is 17.5 Å². The average Bonchev–Trinajstić information content (AvgIpc) is 2.14. The predicted octanol–water partition coefficient (Wildman–Crippen LogP) is 2.87. The Labute approximate surface area is 105 Å². The minimum Gasteiger partial charge on any atom is -0.461 e. The molecular weight excluding hydrogens is 214 g/mol. The van der Waals surface area contributed by atoms with Gasteiger partial charge in [-0.25, -0.2) is 0 Å². The first-order valence-electron chi connectivity index (χ1n) is 6.80. The van der Waals surface area contributed by atoms with E-state index in [1.807, 2.05) is 6.92 Å². The molecule has 0 amide bonds. The molecule has 100 valence electrons. The molecule has 1 aliphatic carbocycles. The van der Waals surface area contributed by atoms with Crippen LogP contribution in [0.1, 0.15) is 59.8 Å². The smallest absolute Gasteiger partial charge is 0.323 e. The van der Waals surface area contributed by atoms with E-state index in [2.05, 4.69) is 20.8 Å². The first-order valence-corrected chi connectivity index (χ1v) is 6.80. The second-order valence-electron chi connectivity index (χ2n) is 6.37. The van der Waals surface area contributed by atoms with Gasteiger partial charge in [0.1, 0.15) is 12.1 Å². The fraction of sp³-hybridized carbons (Fsp3) is 0.929. The van der Waals surface area contributed by atoms with Crippen molar-refractivity contribution in [2.45, 2.75) is 71.9 Å². The van der Waals surface area contributed by atoms with E-state index in [0.717, 1.165) is 19.3 Å². The summed E-state index contributed by atoms with van der Waals surface area (Å²) >= 11 is 0. The summed E-state index contributed by atoms with van der Waals surface area (Å²) in [5.41, 5.74) is 6.05. The molecule has 1 saturated carbocycles. The van der Waals surface area contributed by atoms with Crippen molar-refractivity contribution < 1.29 is 9.53 Å². The largest absolute Gasteiger partial charge is 0.461 e. The van der Waals surface area contributed by atoms with Gasteiger partial charge in [0.2, 0.25) is 0 Å². The summed E-state index contributed by atoms with van der Waals surface area (Å²) < 4.78 is 5.55. The number of rotatable bonds is 4. The molecule has 0 aromatic carbocycles. The van der Waals surface area contributed by atoms with Gasteiger partial charge in [0.15, 0.2) is 0 Å². The van der Waals surface area contributed by atoms with E-state index >= 15 is 0 Å². The van der Waals surface area contributed by atoms with E-state index in [4.69, 9.17) is 10.5 Å². The third-order valence-electron chi connectivity index (χ3n) is 3.53. The Morgan fingerprint density at radius 1 is 1.47 bits per heavy atom. The minimum absolute atomic E-state index is 0.0594. The van der Waals surface area contributed by atoms with Crippen molar-refractivity contribution in [2.75, 3.05) is 0 Å². The zero-order valence-electron chi connectivity index (χ0n) is 11.7. The Bertz CT molecular complexity index is 263. The van der Waals surface area contributed by atoms with Crippen LogP contribution >= 0.6 is 0 Å². The van der Waals surface area contributed by atoms with Crippen molar-refractivity contribution in [2.24, 2.45) is 17.1 Å². The Morgan fingerprint density at radius 3 is 2.65 bits per heavy atom. The number of carbonyl (C=O) groups excluding carboxylic acids is 1. The first-order chi connectivity index (χ1) is 7.84. The van der Waals surface area contributed by atoms with Crippen LogP contribution in [0.5, 0.6) is 0 Å². The van der Waals surface area contributed by atoms with Gasteiger partial charge in [-0.15, -0.1) is 0 Å². The number of ether oxygens (including phenoxy) is 1. The van der Waals surface area contributed by atoms with Crippen LogP contribution < -0.4 is 5.73 Å². The second kappa shape index (κ2) is 5.85. The molecule has 1 rings (SSSR count). The van der Waals surface area contributed by atoms with Crippen LogP contribution in [0.15, 0.2) is 0 Å². The molecule has 0 bridgehead atoms. The number of hydrogen-bond acceptors (Lipinski definition) is 3. The number of carbonyl (C=O) groups is 1. The quantitative estimate of drug-likeness (QED) is 0.770. The van der Waals surface area contributed by atoms with Gasteiger partial charge in [-0.1, -0.05) is 34.1 Å². The minimum atomic E-state index is -0.444. The number of nitrogens with two attached hydrogens (primary N) is 1. The highest BCUT2D eigenvalue weighted by molar-refractivity contribution is 5.75. The summed E-state index contributed by atoms with van der Waals surface area (Å²) in [5.74, 6) is 0.403. The monoisotopic (exact) mass is 241 g/mol. The van der Waals surface area contributed by atoms with Crippen molar-refractivity contribution in [3.63, 3.8) is 0 Å². The molecule has 0 aromatic rings. The molecule has 17 heavy (non-hydrogen) atoms. The van der Waals surface area contributed by atoms with Gasteiger partial charge in [0, 0.05) is 0 Å². The maximum Gasteiger partial charge on any atom is 0.323 e. The zero-order chi connectivity index (χ0) is 13.1. The lowest BCUT2D eigenvalue weighted by Crippen LogP contribution is -2.39. The third-order valence-corrected chi connectivity index (χ3v) is 3.53. The van der Waals surface area contributed by atoms with Crippen molar-refractivity contribution in [1.82, 2.24) is 0 Å². The van der Waals surface area contributed by atoms with Crippen LogP contribution in [0.25, 0.3) is 0 Å². The van der Waals surface area contributed by atoms with Crippen LogP contribution in [0.2, 0.25) is 0 Å². The normalized spacial score (nSPS) is 29.7. The van der Waals surface area contributed by atoms with Crippen molar-refractivity contribution in [1.29, 1.82) is 0 Å². The van der Waals surface area contributed by atoms with Crippen LogP contribution in [-0.4, -0.2) is 18.1 Å². The van der Waals surface area contributed by atoms with Crippen LogP contribution in [-0.2, 0) is 9.53 Å². The third kappa shape index (κ3) is 4.66. The summed E-state index contributed by atoms with van der Waals surface area (Å²) in [4.78, 5) is 11.8. The molecule has 1 aliphatic rings. The molecule has 0 heterocycles. The lowest BCUT2D eigenvalue weighted by molar-refractivity contribution is -0.155. The fourth-order valence-corrected chi connectivity index (χ4v) is 3.03. The van der Waals surface area contributed by atoms with Crippen molar-refractivity contribution >= 4 is 5.97 Å². The zero-order valence-corrected chi connectivity index (χ0v) is 11.7. The second-order valence-corrected chi connectivity index (χ2v) is 6.37. The SMILES string of the molecule is CCC[C@H](N)C(=O)OC1CC(C)CC(C)(C)C1. The van der Waals surface area contributed by atoms with Gasteiger partial charge in [0.25, 0.3) is 0 Å². The van der Waals surface area contributed by atoms with E-state index in [9.17, 15) is 4.79 Å². The van der Waals surface area contributed by atoms with E-state index in [1.165, 1.54) is 6.42 Å². The molecule has 1 fully saturated rings. The molecule has 0 saturated heterocycles. The molecule has 2 unspecified atom stereocenters. The van der Waals surface area contributed by atoms with Gasteiger partial charge in [0.05, 0.1) is 0 Å². The molecule has 0 aromatic heterocycles. The van der Waals surface area contributed by atoms with Crippen molar-refractivity contribution in [3.8, 4) is 0 Å². The molecule has 3 heteroatoms. The van der Waals surface area contributed by atoms with Crippen LogP contribution in [0.3, 0.4) is 0 Å². The Kier molecular flexibility index (Phi) is 4.99. The first kappa shape index (κ1) is 14.5. The topological polar surface area (TPSA) is 52.3 Å². The van der Waals surface area contributed by atoms with E-state index in [0.29, 0.717) is 12.3 Å². The summed E-state index contributed by atoms with van der Waals surface area (Å²) in [5, 5.41) is 0. The maximum atomic E-state index is 11.8. The number of esters is 1. The van der Waals surface area contributed by atoms with Gasteiger partial charge in [-0.2, -0.15) is 0 Å². The summed E-state index contributed by atoms with van der Waals surface area (Å²) in [6.07, 6.45) is 4.84. The highest BCUT2D eigenvalue weighted by atomic mass is 16.5. The Hall–Kier alpha value is -0.570. The average molecular weight is 241 g/mol. The molecule has 0 aliphatic heterocycles. The molecule has 3 atom stereocenters. The number of hydrogen-bond donors (Lipinski definition) is 1. The Morgan fingerprint density at radius 2 is 2.12 bits per heavy atom. The van der Waals surface area contributed by atoms with Gasteiger partial charge in [-0.3, -0.25) is 4.79 Å². The summed E-state index contributed by atoms with van der Waals surface area (Å²) in [6.45, 7) is 8.75. The standard InChI is InChI=1S/C14H27NO2/c1-5-6-12(15)13(16)17-11-7-10(2)8-14(3,4)9-11/h10-12H,5-9,15H2,1-4H3/t10?,11?,12-/m0/s1. The van der Waals surface area contributed by atoms with Crippen molar-refractivity contribution in [3.05, 3.63) is 0 Å². The maximum absolute atomic E-state index is 11.8. The lowest BCUT2D eigenvalue weighted by atomic mass is 9.71. The molecular formula is C14H27NO2. The van der Waals surface area contributed by atoms with Crippen LogP contribution in [0.4, 0.5) is 0 Å². The predicted molar refractivity (Wildman–Crippen MR) is 69.6 cm³/mol.